The number of H-pyrrole nitrogens is 1. The fourth-order valence-corrected chi connectivity index (χ4v) is 1.53. The first-order chi connectivity index (χ1) is 8.42. The van der Waals surface area contributed by atoms with E-state index in [9.17, 15) is 0 Å². The predicted octanol–water partition coefficient (Wildman–Crippen LogP) is 1.36. The van der Waals surface area contributed by atoms with Crippen LogP contribution in [0.5, 0.6) is 0 Å². The number of nitrogens with zero attached hydrogens (tertiary/aromatic N) is 4. The standard InChI is InChI=1S/C11H10N6/c1-2-4-9-8(3-1)12-5-10(16-9)13-6-11-14-7-15-17-11/h1-5,7H,6H2,(H,13,16)(H,14,15,17). The molecule has 0 atom stereocenters. The Labute approximate surface area is 97.1 Å². The number of nitrogens with one attached hydrogen (secondary N) is 2. The lowest BCUT2D eigenvalue weighted by molar-refractivity contribution is 0.947. The topological polar surface area (TPSA) is 79.4 Å². The van der Waals surface area contributed by atoms with Gasteiger partial charge in [0.2, 0.25) is 0 Å². The molecule has 0 saturated carbocycles. The van der Waals surface area contributed by atoms with Gasteiger partial charge in [0.1, 0.15) is 18.0 Å². The Hall–Kier alpha value is -2.50. The minimum Gasteiger partial charge on any atom is -0.361 e. The molecule has 2 N–H and O–H groups in total. The summed E-state index contributed by atoms with van der Waals surface area (Å²) in [6.07, 6.45) is 3.18. The lowest BCUT2D eigenvalue weighted by Crippen LogP contribution is -2.03. The second-order valence-electron chi connectivity index (χ2n) is 3.53. The van der Waals surface area contributed by atoms with Crippen LogP contribution in [0.4, 0.5) is 5.82 Å². The highest BCUT2D eigenvalue weighted by atomic mass is 15.2. The van der Waals surface area contributed by atoms with Crippen molar-refractivity contribution in [3.63, 3.8) is 0 Å². The molecule has 0 aliphatic heterocycles. The summed E-state index contributed by atoms with van der Waals surface area (Å²) in [6, 6.07) is 7.75. The Morgan fingerprint density at radius 3 is 2.82 bits per heavy atom. The first kappa shape index (κ1) is 9.71. The van der Waals surface area contributed by atoms with Crippen LogP contribution in [0.2, 0.25) is 0 Å². The van der Waals surface area contributed by atoms with Crippen LogP contribution < -0.4 is 5.32 Å². The number of aromatic amines is 1. The van der Waals surface area contributed by atoms with Gasteiger partial charge in [-0.25, -0.2) is 9.97 Å². The maximum atomic E-state index is 4.44. The monoisotopic (exact) mass is 226 g/mol. The van der Waals surface area contributed by atoms with Crippen LogP contribution in [0.3, 0.4) is 0 Å². The van der Waals surface area contributed by atoms with Gasteiger partial charge in [0.25, 0.3) is 0 Å². The minimum absolute atomic E-state index is 0.549. The quantitative estimate of drug-likeness (QED) is 0.705. The van der Waals surface area contributed by atoms with E-state index in [1.165, 1.54) is 6.33 Å². The van der Waals surface area contributed by atoms with Gasteiger partial charge in [-0.1, -0.05) is 12.1 Å². The van der Waals surface area contributed by atoms with Gasteiger partial charge in [-0.15, -0.1) is 0 Å². The van der Waals surface area contributed by atoms with Gasteiger partial charge >= 0.3 is 0 Å². The van der Waals surface area contributed by atoms with Crippen LogP contribution in [-0.2, 0) is 6.54 Å². The van der Waals surface area contributed by atoms with Crippen LogP contribution in [0, 0.1) is 0 Å². The van der Waals surface area contributed by atoms with Gasteiger partial charge in [-0.05, 0) is 12.1 Å². The Morgan fingerprint density at radius 1 is 1.12 bits per heavy atom. The molecule has 0 amide bonds. The Bertz CT molecular complexity index is 619. The van der Waals surface area contributed by atoms with Crippen molar-refractivity contribution in [2.45, 2.75) is 6.54 Å². The van der Waals surface area contributed by atoms with Gasteiger partial charge < -0.3 is 5.32 Å². The van der Waals surface area contributed by atoms with E-state index in [2.05, 4.69) is 30.5 Å². The molecule has 3 aromatic rings. The number of fused-ring (bicyclic) bond motifs is 1. The number of rotatable bonds is 3. The first-order valence-corrected chi connectivity index (χ1v) is 5.22. The van der Waals surface area contributed by atoms with Crippen molar-refractivity contribution < 1.29 is 0 Å². The van der Waals surface area contributed by atoms with Gasteiger partial charge in [-0.3, -0.25) is 10.1 Å². The number of para-hydroxylation sites is 2. The molecule has 2 aromatic heterocycles. The number of aromatic nitrogens is 5. The zero-order valence-electron chi connectivity index (χ0n) is 8.96. The summed E-state index contributed by atoms with van der Waals surface area (Å²) < 4.78 is 0. The molecule has 1 aromatic carbocycles. The molecule has 6 heteroatoms. The smallest absolute Gasteiger partial charge is 0.145 e. The van der Waals surface area contributed by atoms with Crippen molar-refractivity contribution in [3.8, 4) is 0 Å². The van der Waals surface area contributed by atoms with E-state index in [-0.39, 0.29) is 0 Å². The van der Waals surface area contributed by atoms with Gasteiger partial charge in [0.15, 0.2) is 0 Å². The SMILES string of the molecule is c1ccc2nc(NCc3ncn[nH]3)cnc2c1. The van der Waals surface area contributed by atoms with E-state index in [1.807, 2.05) is 24.3 Å². The predicted molar refractivity (Wildman–Crippen MR) is 63.2 cm³/mol. The Balaban J connectivity index is 1.81. The maximum absolute atomic E-state index is 4.44. The van der Waals surface area contributed by atoms with Crippen molar-refractivity contribution in [2.24, 2.45) is 0 Å². The molecule has 0 aliphatic rings. The molecule has 0 unspecified atom stereocenters. The lowest BCUT2D eigenvalue weighted by atomic mass is 10.3. The number of benzene rings is 1. The largest absolute Gasteiger partial charge is 0.361 e. The van der Waals surface area contributed by atoms with E-state index >= 15 is 0 Å². The van der Waals surface area contributed by atoms with Crippen molar-refractivity contribution in [2.75, 3.05) is 5.32 Å². The van der Waals surface area contributed by atoms with Crippen molar-refractivity contribution in [1.82, 2.24) is 25.1 Å². The molecule has 0 spiro atoms. The molecule has 6 nitrogen and oxygen atoms in total. The van der Waals surface area contributed by atoms with E-state index in [4.69, 9.17) is 0 Å². The molecule has 3 rings (SSSR count). The minimum atomic E-state index is 0.549. The molecule has 0 fully saturated rings. The van der Waals surface area contributed by atoms with Crippen LogP contribution >= 0.6 is 0 Å². The zero-order chi connectivity index (χ0) is 11.5. The third-order valence-corrected chi connectivity index (χ3v) is 2.35. The van der Waals surface area contributed by atoms with Crippen LogP contribution in [-0.4, -0.2) is 25.1 Å². The summed E-state index contributed by atoms with van der Waals surface area (Å²) in [5.41, 5.74) is 1.76. The third-order valence-electron chi connectivity index (χ3n) is 2.35. The molecule has 0 bridgehead atoms. The third kappa shape index (κ3) is 2.05. The van der Waals surface area contributed by atoms with Crippen LogP contribution in [0.25, 0.3) is 11.0 Å². The van der Waals surface area contributed by atoms with Gasteiger partial charge in [-0.2, -0.15) is 5.10 Å². The maximum Gasteiger partial charge on any atom is 0.145 e. The molecular weight excluding hydrogens is 216 g/mol. The average molecular weight is 226 g/mol. The molecule has 0 radical (unpaired) electrons. The lowest BCUT2D eigenvalue weighted by Gasteiger charge is -2.03. The second-order valence-corrected chi connectivity index (χ2v) is 3.53. The highest BCUT2D eigenvalue weighted by Gasteiger charge is 2.00. The van der Waals surface area contributed by atoms with Crippen LogP contribution in [0.15, 0.2) is 36.8 Å². The van der Waals surface area contributed by atoms with Crippen LogP contribution in [0.1, 0.15) is 5.82 Å². The number of hydrogen-bond donors (Lipinski definition) is 2. The summed E-state index contributed by atoms with van der Waals surface area (Å²) in [5.74, 6) is 1.49. The summed E-state index contributed by atoms with van der Waals surface area (Å²) in [7, 11) is 0. The molecule has 0 saturated heterocycles. The fraction of sp³-hybridized carbons (Fsp3) is 0.0909. The van der Waals surface area contributed by atoms with Crippen molar-refractivity contribution >= 4 is 16.9 Å². The van der Waals surface area contributed by atoms with E-state index in [1.54, 1.807) is 6.20 Å². The number of hydrogen-bond acceptors (Lipinski definition) is 5. The van der Waals surface area contributed by atoms with Gasteiger partial charge in [0.05, 0.1) is 23.8 Å². The molecule has 84 valence electrons. The summed E-state index contributed by atoms with van der Waals surface area (Å²) in [4.78, 5) is 12.8. The summed E-state index contributed by atoms with van der Waals surface area (Å²) >= 11 is 0. The first-order valence-electron chi connectivity index (χ1n) is 5.22. The van der Waals surface area contributed by atoms with Crippen molar-refractivity contribution in [3.05, 3.63) is 42.6 Å². The fourth-order valence-electron chi connectivity index (χ4n) is 1.53. The van der Waals surface area contributed by atoms with E-state index in [0.717, 1.165) is 22.7 Å². The highest BCUT2D eigenvalue weighted by Crippen LogP contribution is 2.11. The average Bonchev–Trinajstić information content (AvgIpc) is 2.89. The number of anilines is 1. The van der Waals surface area contributed by atoms with Gasteiger partial charge in [0, 0.05) is 0 Å². The van der Waals surface area contributed by atoms with Crippen molar-refractivity contribution in [1.29, 1.82) is 0 Å². The summed E-state index contributed by atoms with van der Waals surface area (Å²) in [5, 5.41) is 9.68. The summed E-state index contributed by atoms with van der Waals surface area (Å²) in [6.45, 7) is 0.549. The molecule has 2 heterocycles. The second kappa shape index (κ2) is 4.17. The van der Waals surface area contributed by atoms with E-state index in [0.29, 0.717) is 6.54 Å². The normalized spacial score (nSPS) is 10.6. The highest BCUT2D eigenvalue weighted by molar-refractivity contribution is 5.75. The Kier molecular flexibility index (Phi) is 2.38. The molecular formula is C11H10N6. The molecule has 17 heavy (non-hydrogen) atoms. The Morgan fingerprint density at radius 2 is 2.00 bits per heavy atom. The van der Waals surface area contributed by atoms with E-state index < -0.39 is 0 Å². The molecule has 0 aliphatic carbocycles. The zero-order valence-corrected chi connectivity index (χ0v) is 8.96.